The highest BCUT2D eigenvalue weighted by Gasteiger charge is 2.52. The number of ketones is 2. The lowest BCUT2D eigenvalue weighted by Gasteiger charge is -2.27. The van der Waals surface area contributed by atoms with Crippen LogP contribution in [-0.4, -0.2) is 38.4 Å². The average Bonchev–Trinajstić information content (AvgIpc) is 3.73. The predicted octanol–water partition coefficient (Wildman–Crippen LogP) is 8.43. The first kappa shape index (κ1) is 27.7. The van der Waals surface area contributed by atoms with E-state index in [1.165, 1.54) is 11.1 Å². The number of aromatic nitrogens is 2. The Hall–Kier alpha value is -4.15. The maximum atomic E-state index is 14.0. The fraction of sp³-hybridized carbons (Fsp3) is 0.242. The van der Waals surface area contributed by atoms with E-state index < -0.39 is 35.7 Å². The van der Waals surface area contributed by atoms with Crippen LogP contribution in [0.15, 0.2) is 77.8 Å². The highest BCUT2D eigenvalue weighted by molar-refractivity contribution is 7.19. The summed E-state index contributed by atoms with van der Waals surface area (Å²) in [7, 11) is 0. The summed E-state index contributed by atoms with van der Waals surface area (Å²) in [4.78, 5) is 33.7. The molecule has 0 bridgehead atoms. The number of alkyl halides is 2. The van der Waals surface area contributed by atoms with Gasteiger partial charge in [-0.25, -0.2) is 13.8 Å². The SMILES string of the molecule is Cc1ccc(N(c2ccc(C)cc2)c2ccc(-c3ccc(N=C4C(=O)C5CC(F)C(F)CC5C4=O)c4nsnc34)s2)cc1. The number of rotatable bonds is 5. The molecule has 2 aromatic heterocycles. The standard InChI is InChI=1S/C33H26F2N4O2S2/c1-17-3-7-19(8-4-17)39(20-9-5-18(2)6-10-20)28-14-13-27(42-28)21-11-12-26(30-29(21)37-43-38-30)36-31-32(40)22-15-24(34)25(35)16-23(22)33(31)41/h3-14,22-25H,15-16H2,1-2H3. The van der Waals surface area contributed by atoms with Crippen LogP contribution in [0, 0.1) is 25.7 Å². The highest BCUT2D eigenvalue weighted by atomic mass is 32.1. The molecule has 0 radical (unpaired) electrons. The number of Topliss-reactive ketones (excluding diaryl/α,β-unsaturated/α-hetero) is 2. The number of aryl methyl sites for hydroxylation is 2. The van der Waals surface area contributed by atoms with Crippen LogP contribution in [0.3, 0.4) is 0 Å². The van der Waals surface area contributed by atoms with E-state index in [1.807, 2.05) is 12.1 Å². The van der Waals surface area contributed by atoms with Crippen molar-refractivity contribution >= 4 is 73.4 Å². The summed E-state index contributed by atoms with van der Waals surface area (Å²) in [6.07, 6.45) is -4.06. The molecule has 4 atom stereocenters. The quantitative estimate of drug-likeness (QED) is 0.199. The zero-order chi connectivity index (χ0) is 29.8. The van der Waals surface area contributed by atoms with Gasteiger partial charge in [0.15, 0.2) is 17.3 Å². The van der Waals surface area contributed by atoms with E-state index in [4.69, 9.17) is 0 Å². The first-order valence-electron chi connectivity index (χ1n) is 14.0. The van der Waals surface area contributed by atoms with Crippen molar-refractivity contribution in [2.24, 2.45) is 16.8 Å². The summed E-state index contributed by atoms with van der Waals surface area (Å²) in [5.74, 6) is -2.74. The minimum Gasteiger partial charge on any atom is -0.302 e. The molecule has 216 valence electrons. The van der Waals surface area contributed by atoms with Crippen LogP contribution in [0.2, 0.25) is 0 Å². The number of carbonyl (C=O) groups is 2. The Morgan fingerprint density at radius 2 is 1.30 bits per heavy atom. The van der Waals surface area contributed by atoms with Gasteiger partial charge in [0.25, 0.3) is 0 Å². The van der Waals surface area contributed by atoms with Gasteiger partial charge in [-0.05, 0) is 75.2 Å². The molecule has 6 nitrogen and oxygen atoms in total. The molecule has 10 heteroatoms. The third-order valence-corrected chi connectivity index (χ3v) is 9.90. The number of thiophene rings is 1. The van der Waals surface area contributed by atoms with E-state index in [-0.39, 0.29) is 18.6 Å². The third-order valence-electron chi connectivity index (χ3n) is 8.27. The largest absolute Gasteiger partial charge is 0.302 e. The molecule has 2 heterocycles. The Kier molecular flexibility index (Phi) is 6.98. The van der Waals surface area contributed by atoms with Crippen molar-refractivity contribution < 1.29 is 18.4 Å². The van der Waals surface area contributed by atoms with E-state index in [1.54, 1.807) is 17.4 Å². The summed E-state index contributed by atoms with van der Waals surface area (Å²) >= 11 is 2.63. The molecule has 0 aliphatic heterocycles. The zero-order valence-corrected chi connectivity index (χ0v) is 25.0. The molecular weight excluding hydrogens is 587 g/mol. The molecule has 2 saturated carbocycles. The van der Waals surface area contributed by atoms with E-state index >= 15 is 0 Å². The Bertz CT molecular complexity index is 1820. The minimum atomic E-state index is -1.74. The number of aliphatic imine (C=N–C) groups is 1. The third kappa shape index (κ3) is 4.88. The molecule has 0 spiro atoms. The van der Waals surface area contributed by atoms with Gasteiger partial charge in [-0.2, -0.15) is 8.75 Å². The van der Waals surface area contributed by atoms with Gasteiger partial charge in [0, 0.05) is 33.7 Å². The van der Waals surface area contributed by atoms with E-state index in [2.05, 4.69) is 87.1 Å². The van der Waals surface area contributed by atoms with Crippen LogP contribution in [0.1, 0.15) is 24.0 Å². The van der Waals surface area contributed by atoms with E-state index in [0.717, 1.165) is 38.5 Å². The summed E-state index contributed by atoms with van der Waals surface area (Å²) in [6, 6.07) is 24.5. The molecular formula is C33H26F2N4O2S2. The van der Waals surface area contributed by atoms with Gasteiger partial charge < -0.3 is 4.90 Å². The number of fused-ring (bicyclic) bond motifs is 2. The van der Waals surface area contributed by atoms with E-state index in [9.17, 15) is 18.4 Å². The molecule has 4 unspecified atom stereocenters. The lowest BCUT2D eigenvalue weighted by Crippen LogP contribution is -2.35. The van der Waals surface area contributed by atoms with Gasteiger partial charge in [-0.15, -0.1) is 11.3 Å². The fourth-order valence-electron chi connectivity index (χ4n) is 5.92. The number of carbonyl (C=O) groups excluding carboxylic acids is 2. The Morgan fingerprint density at radius 1 is 0.744 bits per heavy atom. The Balaban J connectivity index is 1.25. The molecule has 5 aromatic rings. The van der Waals surface area contributed by atoms with Crippen molar-refractivity contribution in [3.63, 3.8) is 0 Å². The van der Waals surface area contributed by atoms with Crippen molar-refractivity contribution in [2.75, 3.05) is 4.90 Å². The van der Waals surface area contributed by atoms with Crippen molar-refractivity contribution in [3.8, 4) is 10.4 Å². The molecule has 0 amide bonds. The number of halogens is 2. The number of hydrogen-bond donors (Lipinski definition) is 0. The fourth-order valence-corrected chi connectivity index (χ4v) is 7.56. The number of benzene rings is 3. The van der Waals surface area contributed by atoms with Crippen LogP contribution < -0.4 is 4.90 Å². The first-order valence-corrected chi connectivity index (χ1v) is 15.6. The molecule has 2 aliphatic carbocycles. The number of nitrogens with zero attached hydrogens (tertiary/aromatic N) is 4. The second-order valence-corrected chi connectivity index (χ2v) is 12.7. The van der Waals surface area contributed by atoms with Gasteiger partial charge in [0.1, 0.15) is 28.4 Å². The maximum Gasteiger partial charge on any atom is 0.188 e. The topological polar surface area (TPSA) is 75.5 Å². The second kappa shape index (κ2) is 10.8. The van der Waals surface area contributed by atoms with Gasteiger partial charge in [0.2, 0.25) is 0 Å². The maximum absolute atomic E-state index is 14.0. The molecule has 2 fully saturated rings. The minimum absolute atomic E-state index is 0.247. The molecule has 2 aliphatic rings. The normalized spacial score (nSPS) is 21.8. The molecule has 7 rings (SSSR count). The lowest BCUT2D eigenvalue weighted by molar-refractivity contribution is -0.123. The average molecular weight is 613 g/mol. The molecule has 43 heavy (non-hydrogen) atoms. The Labute approximate surface area is 255 Å². The van der Waals surface area contributed by atoms with Gasteiger partial charge in [0.05, 0.1) is 17.4 Å². The second-order valence-electron chi connectivity index (χ2n) is 11.1. The van der Waals surface area contributed by atoms with Gasteiger partial charge in [-0.1, -0.05) is 35.4 Å². The first-order chi connectivity index (χ1) is 20.8. The van der Waals surface area contributed by atoms with Crippen LogP contribution >= 0.6 is 23.1 Å². The lowest BCUT2D eigenvalue weighted by atomic mass is 9.79. The molecule has 0 N–H and O–H groups in total. The van der Waals surface area contributed by atoms with E-state index in [0.29, 0.717) is 16.7 Å². The Morgan fingerprint density at radius 3 is 1.88 bits per heavy atom. The van der Waals surface area contributed by atoms with Crippen molar-refractivity contribution in [1.82, 2.24) is 8.75 Å². The van der Waals surface area contributed by atoms with Crippen LogP contribution in [0.5, 0.6) is 0 Å². The van der Waals surface area contributed by atoms with Crippen molar-refractivity contribution in [3.05, 3.63) is 83.9 Å². The van der Waals surface area contributed by atoms with Crippen LogP contribution in [0.4, 0.5) is 30.8 Å². The van der Waals surface area contributed by atoms with Crippen molar-refractivity contribution in [2.45, 2.75) is 39.0 Å². The summed E-state index contributed by atoms with van der Waals surface area (Å²) in [5, 5.41) is 1.02. The monoisotopic (exact) mass is 612 g/mol. The summed E-state index contributed by atoms with van der Waals surface area (Å²) in [6.45, 7) is 4.13. The van der Waals surface area contributed by atoms with Crippen molar-refractivity contribution in [1.29, 1.82) is 0 Å². The molecule has 3 aromatic carbocycles. The summed E-state index contributed by atoms with van der Waals surface area (Å²) in [5.41, 5.74) is 6.48. The highest BCUT2D eigenvalue weighted by Crippen LogP contribution is 2.45. The summed E-state index contributed by atoms with van der Waals surface area (Å²) < 4.78 is 37.0. The van der Waals surface area contributed by atoms with Gasteiger partial charge >= 0.3 is 0 Å². The number of hydrogen-bond acceptors (Lipinski definition) is 8. The zero-order valence-electron chi connectivity index (χ0n) is 23.3. The number of anilines is 3. The van der Waals surface area contributed by atoms with Crippen LogP contribution in [0.25, 0.3) is 21.5 Å². The molecule has 0 saturated heterocycles. The smallest absolute Gasteiger partial charge is 0.188 e. The van der Waals surface area contributed by atoms with Gasteiger partial charge in [-0.3, -0.25) is 9.59 Å². The predicted molar refractivity (Wildman–Crippen MR) is 168 cm³/mol. The van der Waals surface area contributed by atoms with Crippen LogP contribution in [-0.2, 0) is 9.59 Å².